The maximum absolute atomic E-state index is 10.2. The van der Waals surface area contributed by atoms with Crippen molar-refractivity contribution in [3.63, 3.8) is 0 Å². The van der Waals surface area contributed by atoms with Gasteiger partial charge in [-0.15, -0.1) is 0 Å². The zero-order valence-electron chi connectivity index (χ0n) is 13.8. The molecule has 19 heavy (non-hydrogen) atoms. The van der Waals surface area contributed by atoms with E-state index in [-0.39, 0.29) is 41.3 Å². The predicted octanol–water partition coefficient (Wildman–Crippen LogP) is 5.65. The molecule has 0 aliphatic heterocycles. The first-order valence-corrected chi connectivity index (χ1v) is 7.55. The van der Waals surface area contributed by atoms with Crippen molar-refractivity contribution in [1.29, 1.82) is 0 Å². The molecule has 2 nitrogen and oxygen atoms in total. The quantitative estimate of drug-likeness (QED) is 0.535. The summed E-state index contributed by atoms with van der Waals surface area (Å²) in [6.45, 7) is 11.1. The fourth-order valence-corrected chi connectivity index (χ4v) is 1.61. The van der Waals surface area contributed by atoms with E-state index in [2.05, 4.69) is 34.6 Å². The second-order valence-corrected chi connectivity index (χ2v) is 6.22. The molecule has 0 unspecified atom stereocenters. The molecule has 113 valence electrons. The number of aliphatic carboxylic acids is 1. The first-order chi connectivity index (χ1) is 8.33. The molecule has 1 N–H and O–H groups in total. The van der Waals surface area contributed by atoms with E-state index in [1.165, 1.54) is 32.1 Å². The molecule has 0 spiro atoms. The number of carboxylic acids is 1. The van der Waals surface area contributed by atoms with Crippen LogP contribution < -0.4 is 0 Å². The molecule has 0 aromatic carbocycles. The molecule has 0 aliphatic carbocycles. The van der Waals surface area contributed by atoms with Gasteiger partial charge >= 0.3 is 5.97 Å². The smallest absolute Gasteiger partial charge is 0.303 e. The van der Waals surface area contributed by atoms with E-state index in [0.717, 1.165) is 19.3 Å². The monoisotopic (exact) mass is 399 g/mol. The maximum Gasteiger partial charge on any atom is 0.303 e. The van der Waals surface area contributed by atoms with Gasteiger partial charge < -0.3 is 5.11 Å². The van der Waals surface area contributed by atoms with Gasteiger partial charge in [0.25, 0.3) is 0 Å². The SMILES string of the molecule is CC(C)(C)CCCCCC(=O)O.CCCCCC.[Pr]. The standard InChI is InChI=1S/C10H20O2.C6H14.Pr/c1-10(2,3)8-6-4-5-7-9(11)12;1-3-5-6-4-2;/h4-8H2,1-3H3,(H,11,12);3-6H2,1-2H3;. The van der Waals surface area contributed by atoms with E-state index in [1.54, 1.807) is 0 Å². The van der Waals surface area contributed by atoms with Crippen LogP contribution in [0.2, 0.25) is 0 Å². The van der Waals surface area contributed by atoms with Gasteiger partial charge in [0.05, 0.1) is 0 Å². The molecule has 0 aromatic rings. The van der Waals surface area contributed by atoms with E-state index in [0.29, 0.717) is 11.8 Å². The van der Waals surface area contributed by atoms with E-state index in [4.69, 9.17) is 5.11 Å². The molecular weight excluding hydrogens is 365 g/mol. The maximum atomic E-state index is 10.2. The summed E-state index contributed by atoms with van der Waals surface area (Å²) in [5, 5.41) is 8.37. The molecule has 0 heterocycles. The molecule has 0 aliphatic rings. The van der Waals surface area contributed by atoms with Crippen LogP contribution in [-0.4, -0.2) is 11.1 Å². The summed E-state index contributed by atoms with van der Waals surface area (Å²) in [5.41, 5.74) is 0.392. The Morgan fingerprint density at radius 2 is 1.37 bits per heavy atom. The van der Waals surface area contributed by atoms with Crippen LogP contribution in [0.3, 0.4) is 0 Å². The number of carbonyl (C=O) groups is 1. The third kappa shape index (κ3) is 32.4. The molecule has 0 saturated heterocycles. The van der Waals surface area contributed by atoms with E-state index in [1.807, 2.05) is 0 Å². The van der Waals surface area contributed by atoms with Gasteiger partial charge in [0.15, 0.2) is 0 Å². The Balaban J connectivity index is -0.000000313. The summed E-state index contributed by atoms with van der Waals surface area (Å²) >= 11 is 0. The van der Waals surface area contributed by atoms with Crippen molar-refractivity contribution in [2.24, 2.45) is 5.41 Å². The van der Waals surface area contributed by atoms with E-state index >= 15 is 0 Å². The van der Waals surface area contributed by atoms with Crippen LogP contribution in [0.4, 0.5) is 0 Å². The average molecular weight is 399 g/mol. The van der Waals surface area contributed by atoms with Gasteiger partial charge in [0.1, 0.15) is 0 Å². The molecule has 0 atom stereocenters. The largest absolute Gasteiger partial charge is 0.481 e. The molecule has 0 rings (SSSR count). The van der Waals surface area contributed by atoms with Crippen molar-refractivity contribution < 1.29 is 51.2 Å². The molecule has 0 amide bonds. The van der Waals surface area contributed by atoms with Gasteiger partial charge in [0.2, 0.25) is 0 Å². The van der Waals surface area contributed by atoms with Gasteiger partial charge in [0, 0.05) is 47.7 Å². The predicted molar refractivity (Wildman–Crippen MR) is 80.0 cm³/mol. The Morgan fingerprint density at radius 1 is 0.895 bits per heavy atom. The van der Waals surface area contributed by atoms with Crippen LogP contribution >= 0.6 is 0 Å². The molecule has 3 heteroatoms. The fourth-order valence-electron chi connectivity index (χ4n) is 1.61. The van der Waals surface area contributed by atoms with Gasteiger partial charge in [-0.3, -0.25) is 4.79 Å². The fraction of sp³-hybridized carbons (Fsp3) is 0.938. The summed E-state index contributed by atoms with van der Waals surface area (Å²) in [7, 11) is 0. The van der Waals surface area contributed by atoms with Crippen LogP contribution in [0.15, 0.2) is 0 Å². The van der Waals surface area contributed by atoms with Crippen LogP contribution in [0.25, 0.3) is 0 Å². The molecule has 0 bridgehead atoms. The number of carboxylic acid groups (broad SMARTS) is 1. The third-order valence-electron chi connectivity index (χ3n) is 2.77. The number of hydrogen-bond acceptors (Lipinski definition) is 1. The van der Waals surface area contributed by atoms with E-state index in [9.17, 15) is 4.79 Å². The van der Waals surface area contributed by atoms with Crippen molar-refractivity contribution in [2.75, 3.05) is 0 Å². The van der Waals surface area contributed by atoms with Crippen LogP contribution in [0.5, 0.6) is 0 Å². The Bertz CT molecular complexity index is 182. The minimum atomic E-state index is -0.675. The Kier molecular flexibility index (Phi) is 22.1. The summed E-state index contributed by atoms with van der Waals surface area (Å²) in [5.74, 6) is -0.675. The number of hydrogen-bond donors (Lipinski definition) is 1. The van der Waals surface area contributed by atoms with Gasteiger partial charge in [-0.05, 0) is 18.3 Å². The van der Waals surface area contributed by atoms with Crippen molar-refractivity contribution in [3.8, 4) is 0 Å². The Hall–Kier alpha value is 0.834. The van der Waals surface area contributed by atoms with Crippen molar-refractivity contribution in [1.82, 2.24) is 0 Å². The van der Waals surface area contributed by atoms with Crippen LogP contribution in [0, 0.1) is 46.7 Å². The number of rotatable bonds is 8. The Morgan fingerprint density at radius 3 is 1.68 bits per heavy atom. The van der Waals surface area contributed by atoms with Crippen molar-refractivity contribution in [2.45, 2.75) is 92.4 Å². The molecule has 0 fully saturated rings. The first-order valence-electron chi connectivity index (χ1n) is 7.55. The van der Waals surface area contributed by atoms with Gasteiger partial charge in [-0.25, -0.2) is 0 Å². The van der Waals surface area contributed by atoms with Gasteiger partial charge in [-0.1, -0.05) is 73.1 Å². The molecule has 0 saturated carbocycles. The van der Waals surface area contributed by atoms with Crippen molar-refractivity contribution in [3.05, 3.63) is 0 Å². The summed E-state index contributed by atoms with van der Waals surface area (Å²) in [6, 6.07) is 0. The third-order valence-corrected chi connectivity index (χ3v) is 2.77. The van der Waals surface area contributed by atoms with Crippen molar-refractivity contribution >= 4 is 5.97 Å². The molecule has 0 aromatic heterocycles. The zero-order valence-corrected chi connectivity index (χ0v) is 17.5. The second kappa shape index (κ2) is 16.9. The minimum absolute atomic E-state index is 0. The summed E-state index contributed by atoms with van der Waals surface area (Å²) < 4.78 is 0. The number of unbranched alkanes of at least 4 members (excludes halogenated alkanes) is 5. The summed E-state index contributed by atoms with van der Waals surface area (Å²) in [4.78, 5) is 10.2. The summed E-state index contributed by atoms with van der Waals surface area (Å²) in [6.07, 6.45) is 10.1. The minimum Gasteiger partial charge on any atom is -0.481 e. The average Bonchev–Trinajstić information content (AvgIpc) is 2.24. The zero-order chi connectivity index (χ0) is 14.4. The van der Waals surface area contributed by atoms with Crippen LogP contribution in [-0.2, 0) is 4.79 Å². The topological polar surface area (TPSA) is 37.3 Å². The second-order valence-electron chi connectivity index (χ2n) is 6.22. The van der Waals surface area contributed by atoms with E-state index < -0.39 is 5.97 Å². The van der Waals surface area contributed by atoms with Crippen LogP contribution in [0.1, 0.15) is 92.4 Å². The molecule has 1 radical (unpaired) electrons. The first kappa shape index (κ1) is 24.8. The normalized spacial score (nSPS) is 10.2. The molecular formula is C16H34O2Pr. The Labute approximate surface area is 154 Å². The van der Waals surface area contributed by atoms with Gasteiger partial charge in [-0.2, -0.15) is 0 Å².